The van der Waals surface area contributed by atoms with Crippen molar-refractivity contribution < 1.29 is 41.0 Å². The van der Waals surface area contributed by atoms with Crippen LogP contribution in [-0.4, -0.2) is 37.3 Å². The molecule has 0 saturated carbocycles. The molecule has 0 rings (SSSR count). The fraction of sp³-hybridized carbons (Fsp3) is 0.923. The van der Waals surface area contributed by atoms with Gasteiger partial charge in [0.15, 0.2) is 12.0 Å². The van der Waals surface area contributed by atoms with Crippen molar-refractivity contribution in [3.05, 3.63) is 0 Å². The number of halogens is 5. The minimum Gasteiger partial charge on any atom is -0.465 e. The van der Waals surface area contributed by atoms with E-state index in [2.05, 4.69) is 11.7 Å². The van der Waals surface area contributed by atoms with E-state index in [1.165, 1.54) is 70.6 Å². The molecule has 0 fully saturated rings. The summed E-state index contributed by atoms with van der Waals surface area (Å²) in [6.45, 7) is 2.24. The molecule has 0 spiro atoms. The first kappa shape index (κ1) is 33.6. The molecular weight excluding hydrogens is 471 g/mol. The van der Waals surface area contributed by atoms with E-state index < -0.39 is 36.1 Å². The number of unbranched alkanes of at least 4 members (excludes halogenated alkanes) is 15. The lowest BCUT2D eigenvalue weighted by Crippen LogP contribution is -2.44. The predicted octanol–water partition coefficient (Wildman–Crippen LogP) is 8.56. The first-order chi connectivity index (χ1) is 16.4. The number of hydrogen-bond donors (Lipinski definition) is 0. The summed E-state index contributed by atoms with van der Waals surface area (Å²) in [4.78, 5) is 23.9. The third kappa shape index (κ3) is 15.3. The maximum absolute atomic E-state index is 12.9. The second-order valence-electron chi connectivity index (χ2n) is 9.84. The van der Waals surface area contributed by atoms with Crippen LogP contribution in [0.3, 0.4) is 0 Å². The molecule has 0 bridgehead atoms. The Morgan fingerprint density at radius 1 is 0.571 bits per heavy atom. The van der Waals surface area contributed by atoms with Crippen molar-refractivity contribution in [1.29, 1.82) is 0 Å². The van der Waals surface area contributed by atoms with E-state index in [-0.39, 0.29) is 6.61 Å². The fourth-order valence-corrected chi connectivity index (χ4v) is 3.50. The third-order valence-electron chi connectivity index (χ3n) is 6.05. The Morgan fingerprint density at radius 2 is 0.914 bits per heavy atom. The van der Waals surface area contributed by atoms with Gasteiger partial charge in [-0.15, -0.1) is 0 Å². The monoisotopic (exact) mass is 516 g/mol. The second-order valence-corrected chi connectivity index (χ2v) is 9.84. The van der Waals surface area contributed by atoms with Crippen molar-refractivity contribution in [2.45, 2.75) is 136 Å². The molecule has 0 N–H and O–H groups in total. The molecule has 35 heavy (non-hydrogen) atoms. The van der Waals surface area contributed by atoms with E-state index in [1.54, 1.807) is 0 Å². The number of carbonyl (C=O) groups is 2. The molecular formula is C26H45F5O4. The van der Waals surface area contributed by atoms with Crippen LogP contribution in [0.15, 0.2) is 0 Å². The maximum atomic E-state index is 12.9. The molecule has 0 unspecified atom stereocenters. The van der Waals surface area contributed by atoms with E-state index in [1.807, 2.05) is 0 Å². The van der Waals surface area contributed by atoms with Crippen molar-refractivity contribution in [3.63, 3.8) is 0 Å². The van der Waals surface area contributed by atoms with Crippen molar-refractivity contribution in [1.82, 2.24) is 0 Å². The van der Waals surface area contributed by atoms with Crippen molar-refractivity contribution in [2.75, 3.05) is 13.2 Å². The molecule has 0 radical (unpaired) electrons. The Bertz CT molecular complexity index is 577. The van der Waals surface area contributed by atoms with Gasteiger partial charge in [0, 0.05) is 0 Å². The van der Waals surface area contributed by atoms with E-state index in [9.17, 15) is 31.5 Å². The summed E-state index contributed by atoms with van der Waals surface area (Å²) in [5.41, 5.74) is -1.98. The molecule has 0 aliphatic rings. The summed E-state index contributed by atoms with van der Waals surface area (Å²) < 4.78 is 71.3. The number of alkyl halides is 5. The van der Waals surface area contributed by atoms with Crippen LogP contribution in [-0.2, 0) is 19.1 Å². The van der Waals surface area contributed by atoms with Gasteiger partial charge in [-0.3, -0.25) is 9.59 Å². The number of carbonyl (C=O) groups excluding carboxylic acids is 2. The van der Waals surface area contributed by atoms with Crippen LogP contribution < -0.4 is 0 Å². The van der Waals surface area contributed by atoms with E-state index in [0.29, 0.717) is 6.42 Å². The zero-order valence-electron chi connectivity index (χ0n) is 21.8. The van der Waals surface area contributed by atoms with E-state index in [0.717, 1.165) is 39.5 Å². The van der Waals surface area contributed by atoms with Crippen molar-refractivity contribution in [2.24, 2.45) is 5.41 Å². The zero-order chi connectivity index (χ0) is 26.8. The highest BCUT2D eigenvalue weighted by Gasteiger charge is 2.59. The van der Waals surface area contributed by atoms with Crippen LogP contribution in [0.25, 0.3) is 0 Å². The van der Waals surface area contributed by atoms with Crippen LogP contribution >= 0.6 is 0 Å². The van der Waals surface area contributed by atoms with Gasteiger partial charge in [-0.1, -0.05) is 103 Å². The number of esters is 2. The Balaban J connectivity index is 3.74. The molecule has 0 atom stereocenters. The Labute approximate surface area is 207 Å². The van der Waals surface area contributed by atoms with Crippen LogP contribution in [0.1, 0.15) is 124 Å². The molecule has 0 aliphatic carbocycles. The first-order valence-corrected chi connectivity index (χ1v) is 13.1. The lowest BCUT2D eigenvalue weighted by atomic mass is 9.94. The van der Waals surface area contributed by atoms with Crippen LogP contribution in [0.2, 0.25) is 0 Å². The van der Waals surface area contributed by atoms with Gasteiger partial charge in [0.2, 0.25) is 0 Å². The highest BCUT2D eigenvalue weighted by Crippen LogP contribution is 2.36. The highest BCUT2D eigenvalue weighted by molar-refractivity contribution is 5.99. The van der Waals surface area contributed by atoms with Gasteiger partial charge >= 0.3 is 24.0 Å². The van der Waals surface area contributed by atoms with Crippen molar-refractivity contribution >= 4 is 11.9 Å². The van der Waals surface area contributed by atoms with Crippen LogP contribution in [0.5, 0.6) is 0 Å². The zero-order valence-corrected chi connectivity index (χ0v) is 21.8. The average molecular weight is 517 g/mol. The largest absolute Gasteiger partial charge is 0.465 e. The van der Waals surface area contributed by atoms with Gasteiger partial charge in [-0.2, -0.15) is 22.0 Å². The van der Waals surface area contributed by atoms with Gasteiger partial charge in [0.05, 0.1) is 6.61 Å². The first-order valence-electron chi connectivity index (χ1n) is 13.1. The van der Waals surface area contributed by atoms with E-state index >= 15 is 0 Å². The molecule has 208 valence electrons. The van der Waals surface area contributed by atoms with Crippen LogP contribution in [0, 0.1) is 5.41 Å². The summed E-state index contributed by atoms with van der Waals surface area (Å²) in [6, 6.07) is 0. The Hall–Kier alpha value is -1.41. The molecule has 4 nitrogen and oxygen atoms in total. The molecule has 0 aromatic rings. The summed E-state index contributed by atoms with van der Waals surface area (Å²) in [6.07, 6.45) is 13.3. The Morgan fingerprint density at radius 3 is 1.29 bits per heavy atom. The lowest BCUT2D eigenvalue weighted by molar-refractivity contribution is -0.294. The molecule has 0 aromatic heterocycles. The SMILES string of the molecule is CCCCCCCCCCCCCCCCCCOC(=O)C(C)(C)C(=O)OCC(F)(F)C(F)(F)F. The number of ether oxygens (including phenoxy) is 2. The van der Waals surface area contributed by atoms with Gasteiger partial charge in [-0.05, 0) is 20.3 Å². The maximum Gasteiger partial charge on any atom is 0.456 e. The van der Waals surface area contributed by atoms with Gasteiger partial charge < -0.3 is 9.47 Å². The summed E-state index contributed by atoms with van der Waals surface area (Å²) in [5.74, 6) is -7.69. The summed E-state index contributed by atoms with van der Waals surface area (Å²) in [7, 11) is 0. The standard InChI is InChI=1S/C26H45F5O4/c1-4-5-6-7-8-9-10-11-12-13-14-15-16-17-18-19-20-34-22(32)24(2,3)23(33)35-21-25(27,28)26(29,30)31/h4-21H2,1-3H3. The molecule has 9 heteroatoms. The fourth-order valence-electron chi connectivity index (χ4n) is 3.50. The molecule has 0 aromatic carbocycles. The number of hydrogen-bond acceptors (Lipinski definition) is 4. The minimum absolute atomic E-state index is 0.0483. The minimum atomic E-state index is -5.84. The number of rotatable bonds is 21. The smallest absolute Gasteiger partial charge is 0.456 e. The molecule has 0 aliphatic heterocycles. The topological polar surface area (TPSA) is 52.6 Å². The molecule has 0 amide bonds. The lowest BCUT2D eigenvalue weighted by Gasteiger charge is -2.24. The van der Waals surface area contributed by atoms with Crippen LogP contribution in [0.4, 0.5) is 22.0 Å². The summed E-state index contributed by atoms with van der Waals surface area (Å²) in [5, 5.41) is 0. The average Bonchev–Trinajstić information content (AvgIpc) is 2.78. The second kappa shape index (κ2) is 17.9. The van der Waals surface area contributed by atoms with Gasteiger partial charge in [-0.25, -0.2) is 0 Å². The predicted molar refractivity (Wildman–Crippen MR) is 126 cm³/mol. The molecule has 0 heterocycles. The normalized spacial score (nSPS) is 12.6. The summed E-state index contributed by atoms with van der Waals surface area (Å²) >= 11 is 0. The van der Waals surface area contributed by atoms with Gasteiger partial charge in [0.25, 0.3) is 0 Å². The van der Waals surface area contributed by atoms with E-state index in [4.69, 9.17) is 4.74 Å². The van der Waals surface area contributed by atoms with Gasteiger partial charge in [0.1, 0.15) is 0 Å². The van der Waals surface area contributed by atoms with Crippen molar-refractivity contribution in [3.8, 4) is 0 Å². The third-order valence-corrected chi connectivity index (χ3v) is 6.05. The molecule has 0 saturated heterocycles. The quantitative estimate of drug-likeness (QED) is 0.0664. The highest BCUT2D eigenvalue weighted by atomic mass is 19.4. The Kier molecular flexibility index (Phi) is 17.2.